The summed E-state index contributed by atoms with van der Waals surface area (Å²) in [6.07, 6.45) is 4.37. The van der Waals surface area contributed by atoms with E-state index in [2.05, 4.69) is 27.1 Å². The number of unbranched alkanes of at least 4 members (excludes halogenated alkanes) is 3. The molecule has 3 rings (SSSR count). The minimum Gasteiger partial charge on any atom is -0.465 e. The quantitative estimate of drug-likeness (QED) is 0.381. The summed E-state index contributed by atoms with van der Waals surface area (Å²) in [6, 6.07) is 7.86. The molecule has 3 aromatic rings. The Morgan fingerprint density at radius 1 is 1.21 bits per heavy atom. The fourth-order valence-corrected chi connectivity index (χ4v) is 3.03. The number of nitrogens with zero attached hydrogens (tertiary/aromatic N) is 3. The number of nitrogens with one attached hydrogen (secondary N) is 1. The first-order valence-corrected chi connectivity index (χ1v) is 9.16. The molecule has 0 spiro atoms. The highest BCUT2D eigenvalue weighted by Crippen LogP contribution is 2.23. The van der Waals surface area contributed by atoms with E-state index >= 15 is 0 Å². The average molecular weight is 344 g/mol. The zero-order valence-corrected chi connectivity index (χ0v) is 14.4. The fourth-order valence-electron chi connectivity index (χ4n) is 2.45. The Morgan fingerprint density at radius 3 is 2.96 bits per heavy atom. The third kappa shape index (κ3) is 4.03. The summed E-state index contributed by atoms with van der Waals surface area (Å²) < 4.78 is 5.20. The van der Waals surface area contributed by atoms with Gasteiger partial charge in [-0.2, -0.15) is 0 Å². The molecule has 0 amide bonds. The summed E-state index contributed by atoms with van der Waals surface area (Å²) in [5.74, 6) is -0.0434. The smallest absolute Gasteiger partial charge is 0.316 e. The molecule has 0 bridgehead atoms. The lowest BCUT2D eigenvalue weighted by Gasteiger charge is -2.03. The molecule has 0 unspecified atom stereocenters. The van der Waals surface area contributed by atoms with Crippen LogP contribution in [0.4, 0.5) is 0 Å². The van der Waals surface area contributed by atoms with Crippen molar-refractivity contribution in [3.63, 3.8) is 0 Å². The largest absolute Gasteiger partial charge is 0.465 e. The third-order valence-electron chi connectivity index (χ3n) is 3.68. The zero-order valence-electron chi connectivity index (χ0n) is 13.6. The lowest BCUT2D eigenvalue weighted by molar-refractivity contribution is -0.140. The van der Waals surface area contributed by atoms with Gasteiger partial charge in [-0.15, -0.1) is 10.2 Å². The van der Waals surface area contributed by atoms with Gasteiger partial charge in [-0.25, -0.2) is 4.98 Å². The predicted octanol–water partition coefficient (Wildman–Crippen LogP) is 3.72. The number of esters is 1. The van der Waals surface area contributed by atoms with Gasteiger partial charge in [-0.1, -0.05) is 56.1 Å². The van der Waals surface area contributed by atoms with Crippen LogP contribution in [0.2, 0.25) is 0 Å². The summed E-state index contributed by atoms with van der Waals surface area (Å²) in [6.45, 7) is 2.64. The maximum Gasteiger partial charge on any atom is 0.316 e. The molecule has 126 valence electrons. The lowest BCUT2D eigenvalue weighted by atomic mass is 10.2. The second-order valence-corrected chi connectivity index (χ2v) is 6.47. The van der Waals surface area contributed by atoms with Gasteiger partial charge in [-0.05, 0) is 12.5 Å². The topological polar surface area (TPSA) is 80.8 Å². The number of benzene rings is 1. The molecular weight excluding hydrogens is 324 g/mol. The van der Waals surface area contributed by atoms with Gasteiger partial charge < -0.3 is 9.72 Å². The van der Waals surface area contributed by atoms with Crippen molar-refractivity contribution in [2.24, 2.45) is 0 Å². The van der Waals surface area contributed by atoms with Gasteiger partial charge >= 0.3 is 5.97 Å². The number of carbonyl (C=O) groups excluding carboxylic acids is 1. The van der Waals surface area contributed by atoms with Crippen LogP contribution in [0.25, 0.3) is 22.1 Å². The summed E-state index contributed by atoms with van der Waals surface area (Å²) in [5, 5.41) is 9.79. The number of fused-ring (bicyclic) bond motifs is 3. The Labute approximate surface area is 144 Å². The Hall–Kier alpha value is -2.15. The van der Waals surface area contributed by atoms with Crippen molar-refractivity contribution < 1.29 is 9.53 Å². The second-order valence-electron chi connectivity index (χ2n) is 5.53. The average Bonchev–Trinajstić information content (AvgIpc) is 2.97. The zero-order chi connectivity index (χ0) is 16.8. The number of ether oxygens (including phenoxy) is 1. The Morgan fingerprint density at radius 2 is 2.08 bits per heavy atom. The van der Waals surface area contributed by atoms with Gasteiger partial charge in [0, 0.05) is 10.9 Å². The molecule has 0 atom stereocenters. The molecule has 0 radical (unpaired) electrons. The van der Waals surface area contributed by atoms with Crippen LogP contribution in [0.5, 0.6) is 0 Å². The van der Waals surface area contributed by atoms with Crippen LogP contribution in [0.1, 0.15) is 32.6 Å². The summed E-state index contributed by atoms with van der Waals surface area (Å²) in [4.78, 5) is 19.4. The van der Waals surface area contributed by atoms with Crippen LogP contribution in [0.15, 0.2) is 29.4 Å². The van der Waals surface area contributed by atoms with E-state index < -0.39 is 0 Å². The molecule has 0 aliphatic carbocycles. The Kier molecular flexibility index (Phi) is 5.63. The SMILES string of the molecule is CCCCCCOC(=O)CSc1nnc2c(n1)[nH]c1ccccc12. The van der Waals surface area contributed by atoms with E-state index in [1.807, 2.05) is 24.3 Å². The van der Waals surface area contributed by atoms with E-state index in [1.165, 1.54) is 24.6 Å². The molecule has 6 nitrogen and oxygen atoms in total. The molecule has 1 N–H and O–H groups in total. The maximum atomic E-state index is 11.7. The van der Waals surface area contributed by atoms with Gasteiger partial charge in [-0.3, -0.25) is 4.79 Å². The molecule has 2 aromatic heterocycles. The second kappa shape index (κ2) is 8.10. The molecule has 0 fully saturated rings. The van der Waals surface area contributed by atoms with Crippen molar-refractivity contribution in [3.05, 3.63) is 24.3 Å². The first-order valence-electron chi connectivity index (χ1n) is 8.17. The monoisotopic (exact) mass is 344 g/mol. The Balaban J connectivity index is 1.55. The number of rotatable bonds is 8. The van der Waals surface area contributed by atoms with Crippen molar-refractivity contribution in [2.75, 3.05) is 12.4 Å². The van der Waals surface area contributed by atoms with E-state index in [1.54, 1.807) is 0 Å². The number of thioether (sulfide) groups is 1. The molecule has 0 saturated heterocycles. The van der Waals surface area contributed by atoms with Gasteiger partial charge in [0.15, 0.2) is 5.65 Å². The molecule has 1 aromatic carbocycles. The van der Waals surface area contributed by atoms with Crippen molar-refractivity contribution in [2.45, 2.75) is 37.8 Å². The van der Waals surface area contributed by atoms with Gasteiger partial charge in [0.2, 0.25) is 5.16 Å². The van der Waals surface area contributed by atoms with E-state index in [0.29, 0.717) is 17.4 Å². The number of hydrogen-bond acceptors (Lipinski definition) is 6. The van der Waals surface area contributed by atoms with Crippen molar-refractivity contribution in [1.82, 2.24) is 20.2 Å². The molecule has 0 saturated carbocycles. The third-order valence-corrected chi connectivity index (χ3v) is 4.49. The highest BCUT2D eigenvalue weighted by atomic mass is 32.2. The number of para-hydroxylation sites is 1. The minimum atomic E-state index is -0.239. The van der Waals surface area contributed by atoms with Crippen LogP contribution in [-0.2, 0) is 9.53 Å². The van der Waals surface area contributed by atoms with Crippen LogP contribution in [0.3, 0.4) is 0 Å². The highest BCUT2D eigenvalue weighted by molar-refractivity contribution is 7.99. The van der Waals surface area contributed by atoms with E-state index in [4.69, 9.17) is 4.74 Å². The minimum absolute atomic E-state index is 0.196. The van der Waals surface area contributed by atoms with E-state index in [0.717, 1.165) is 29.3 Å². The van der Waals surface area contributed by atoms with Crippen molar-refractivity contribution in [1.29, 1.82) is 0 Å². The molecular formula is C17H20N4O2S. The van der Waals surface area contributed by atoms with Gasteiger partial charge in [0.1, 0.15) is 5.52 Å². The number of hydrogen-bond donors (Lipinski definition) is 1. The molecule has 0 aliphatic rings. The van der Waals surface area contributed by atoms with Crippen LogP contribution >= 0.6 is 11.8 Å². The predicted molar refractivity (Wildman–Crippen MR) is 95.0 cm³/mol. The summed E-state index contributed by atoms with van der Waals surface area (Å²) in [5.41, 5.74) is 2.40. The van der Waals surface area contributed by atoms with Crippen LogP contribution in [-0.4, -0.2) is 38.5 Å². The molecule has 0 aliphatic heterocycles. The number of aromatic amines is 1. The first kappa shape index (κ1) is 16.7. The van der Waals surface area contributed by atoms with E-state index in [9.17, 15) is 4.79 Å². The number of carbonyl (C=O) groups is 1. The number of H-pyrrole nitrogens is 1. The normalized spacial score (nSPS) is 11.2. The first-order chi connectivity index (χ1) is 11.8. The van der Waals surface area contributed by atoms with Crippen molar-refractivity contribution >= 4 is 39.8 Å². The molecule has 7 heteroatoms. The Bertz CT molecular complexity index is 834. The number of aromatic nitrogens is 4. The summed E-state index contributed by atoms with van der Waals surface area (Å²) in [7, 11) is 0. The van der Waals surface area contributed by atoms with Gasteiger partial charge in [0.05, 0.1) is 12.4 Å². The summed E-state index contributed by atoms with van der Waals surface area (Å²) >= 11 is 1.24. The fraction of sp³-hybridized carbons (Fsp3) is 0.412. The van der Waals surface area contributed by atoms with Crippen LogP contribution < -0.4 is 0 Å². The van der Waals surface area contributed by atoms with E-state index in [-0.39, 0.29) is 11.7 Å². The highest BCUT2D eigenvalue weighted by Gasteiger charge is 2.11. The maximum absolute atomic E-state index is 11.7. The van der Waals surface area contributed by atoms with Crippen LogP contribution in [0, 0.1) is 0 Å². The van der Waals surface area contributed by atoms with Gasteiger partial charge in [0.25, 0.3) is 0 Å². The molecule has 2 heterocycles. The van der Waals surface area contributed by atoms with Crippen molar-refractivity contribution in [3.8, 4) is 0 Å². The standard InChI is InChI=1S/C17H20N4O2S/c1-2-3-4-7-10-23-14(22)11-24-17-19-16-15(20-21-17)12-8-5-6-9-13(12)18-16/h5-6,8-9H,2-4,7,10-11H2,1H3,(H,18,19,21). The molecule has 24 heavy (non-hydrogen) atoms. The lowest BCUT2D eigenvalue weighted by Crippen LogP contribution is -2.09.